The van der Waals surface area contributed by atoms with Crippen LogP contribution in [0.1, 0.15) is 64.5 Å². The van der Waals surface area contributed by atoms with Crippen molar-refractivity contribution in [1.82, 2.24) is 24.3 Å². The average Bonchev–Trinajstić information content (AvgIpc) is 3.36. The molecule has 0 aliphatic carbocycles. The molecule has 0 spiro atoms. The van der Waals surface area contributed by atoms with Crippen molar-refractivity contribution in [2.24, 2.45) is 17.3 Å². The van der Waals surface area contributed by atoms with E-state index in [1.54, 1.807) is 23.0 Å². The molecule has 2 saturated heterocycles. The third-order valence-electron chi connectivity index (χ3n) is 8.57. The molecular weight excluding hydrogens is 586 g/mol. The normalized spacial score (nSPS) is 21.2. The molecule has 2 fully saturated rings. The first-order chi connectivity index (χ1) is 20.8. The smallest absolute Gasteiger partial charge is 0.407 e. The molecule has 1 N–H and O–H groups in total. The Hall–Kier alpha value is -2.89. The molecule has 1 aromatic carbocycles. The number of methoxy groups -OCH3 is 1. The van der Waals surface area contributed by atoms with Gasteiger partial charge in [-0.1, -0.05) is 52.3 Å². The molecule has 1 unspecified atom stereocenters. The summed E-state index contributed by atoms with van der Waals surface area (Å²) in [5, 5.41) is 10.9. The molecule has 44 heavy (non-hydrogen) atoms. The third-order valence-corrected chi connectivity index (χ3v) is 8.88. The van der Waals surface area contributed by atoms with Gasteiger partial charge in [0.15, 0.2) is 5.82 Å². The Kier molecular flexibility index (Phi) is 11.2. The molecule has 1 aromatic heterocycles. The molecular formula is C32H48ClN5O6. The van der Waals surface area contributed by atoms with Crippen LogP contribution in [0, 0.1) is 17.3 Å². The second kappa shape index (κ2) is 14.5. The Morgan fingerprint density at radius 3 is 2.50 bits per heavy atom. The van der Waals surface area contributed by atoms with E-state index in [0.29, 0.717) is 63.0 Å². The topological polar surface area (TPSA) is 117 Å². The Balaban J connectivity index is 1.80. The van der Waals surface area contributed by atoms with Gasteiger partial charge in [0.25, 0.3) is 5.91 Å². The highest BCUT2D eigenvalue weighted by molar-refractivity contribution is 6.35. The number of ether oxygens (including phenoxy) is 2. The predicted octanol–water partition coefficient (Wildman–Crippen LogP) is 4.86. The second-order valence-electron chi connectivity index (χ2n) is 13.4. The number of rotatable bonds is 10. The van der Waals surface area contributed by atoms with Gasteiger partial charge in [-0.2, -0.15) is 0 Å². The van der Waals surface area contributed by atoms with Crippen molar-refractivity contribution in [3.8, 4) is 0 Å². The highest BCUT2D eigenvalue weighted by atomic mass is 35.5. The van der Waals surface area contributed by atoms with Gasteiger partial charge in [0.1, 0.15) is 5.52 Å². The van der Waals surface area contributed by atoms with Crippen molar-refractivity contribution < 1.29 is 29.0 Å². The zero-order valence-corrected chi connectivity index (χ0v) is 27.7. The van der Waals surface area contributed by atoms with Crippen LogP contribution in [0.15, 0.2) is 18.2 Å². The summed E-state index contributed by atoms with van der Waals surface area (Å²) in [4.78, 5) is 51.1. The lowest BCUT2D eigenvalue weighted by Crippen LogP contribution is -2.66. The van der Waals surface area contributed by atoms with Gasteiger partial charge < -0.3 is 33.8 Å². The Labute approximate surface area is 265 Å². The molecule has 3 amide bonds. The maximum atomic E-state index is 14.8. The first-order valence-corrected chi connectivity index (χ1v) is 16.0. The van der Waals surface area contributed by atoms with Gasteiger partial charge >= 0.3 is 6.09 Å². The number of halogens is 1. The van der Waals surface area contributed by atoms with E-state index in [1.807, 2.05) is 51.3 Å². The third kappa shape index (κ3) is 7.49. The van der Waals surface area contributed by atoms with E-state index in [2.05, 4.69) is 0 Å². The molecule has 3 heterocycles. The lowest BCUT2D eigenvalue weighted by molar-refractivity contribution is -0.144. The number of carboxylic acid groups (broad SMARTS) is 1. The number of piperidine rings is 1. The van der Waals surface area contributed by atoms with Crippen molar-refractivity contribution in [1.29, 1.82) is 0 Å². The van der Waals surface area contributed by atoms with Crippen LogP contribution in [-0.4, -0.2) is 112 Å². The quantitative estimate of drug-likeness (QED) is 0.372. The summed E-state index contributed by atoms with van der Waals surface area (Å²) in [6.07, 6.45) is 0.847. The summed E-state index contributed by atoms with van der Waals surface area (Å²) < 4.78 is 12.6. The molecule has 0 saturated carbocycles. The number of carbonyl (C=O) groups is 3. The van der Waals surface area contributed by atoms with Gasteiger partial charge in [0.05, 0.1) is 41.8 Å². The number of fused-ring (bicyclic) bond motifs is 1. The number of aromatic nitrogens is 2. The second-order valence-corrected chi connectivity index (χ2v) is 13.8. The largest absolute Gasteiger partial charge is 0.465 e. The number of hydrogen-bond acceptors (Lipinski definition) is 6. The fourth-order valence-corrected chi connectivity index (χ4v) is 6.94. The first kappa shape index (κ1) is 34.0. The standard InChI is InChI=1S/C32H48ClN5O6/c1-21(2)19-37(30(40)28-34-26-23(33)10-9-11-24(26)36(28)12-7-8-15-43-6)25-18-22(29(39)35-13-16-44-17-14-35)20-38(31(41)42)27(25)32(3,4)5/h9-11,21-22,25,27H,7-8,12-20H2,1-6H3,(H,41,42)/t22-,25+,27?/m1/s1. The van der Waals surface area contributed by atoms with E-state index in [4.69, 9.17) is 26.1 Å². The monoisotopic (exact) mass is 633 g/mol. The molecule has 3 atom stereocenters. The number of imidazole rings is 1. The van der Waals surface area contributed by atoms with Crippen LogP contribution >= 0.6 is 11.6 Å². The molecule has 244 valence electrons. The van der Waals surface area contributed by atoms with Crippen molar-refractivity contribution in [2.45, 2.75) is 72.5 Å². The Morgan fingerprint density at radius 1 is 1.18 bits per heavy atom. The van der Waals surface area contributed by atoms with Crippen molar-refractivity contribution in [2.75, 3.05) is 53.1 Å². The molecule has 12 heteroatoms. The number of benzene rings is 1. The number of amides is 3. The minimum Gasteiger partial charge on any atom is -0.465 e. The molecule has 0 bridgehead atoms. The van der Waals surface area contributed by atoms with E-state index in [0.717, 1.165) is 18.4 Å². The highest BCUT2D eigenvalue weighted by Gasteiger charge is 2.50. The number of unbranched alkanes of at least 4 members (excludes halogenated alkanes) is 1. The van der Waals surface area contributed by atoms with Crippen LogP contribution in [0.2, 0.25) is 5.02 Å². The molecule has 4 rings (SSSR count). The van der Waals surface area contributed by atoms with Crippen LogP contribution < -0.4 is 0 Å². The number of para-hydroxylation sites is 1. The van der Waals surface area contributed by atoms with Crippen LogP contribution in [0.4, 0.5) is 4.79 Å². The maximum Gasteiger partial charge on any atom is 0.407 e. The van der Waals surface area contributed by atoms with Gasteiger partial charge in [-0.15, -0.1) is 0 Å². The molecule has 2 aliphatic rings. The molecule has 11 nitrogen and oxygen atoms in total. The molecule has 2 aliphatic heterocycles. The number of nitrogens with zero attached hydrogens (tertiary/aromatic N) is 5. The van der Waals surface area contributed by atoms with Crippen LogP contribution in [0.3, 0.4) is 0 Å². The van der Waals surface area contributed by atoms with Gasteiger partial charge in [0.2, 0.25) is 5.91 Å². The van der Waals surface area contributed by atoms with Crippen molar-refractivity contribution in [3.63, 3.8) is 0 Å². The van der Waals surface area contributed by atoms with Crippen LogP contribution in [0.5, 0.6) is 0 Å². The number of likely N-dealkylation sites (tertiary alicyclic amines) is 1. The van der Waals surface area contributed by atoms with Crippen LogP contribution in [0.25, 0.3) is 11.0 Å². The molecule has 2 aromatic rings. The van der Waals surface area contributed by atoms with E-state index < -0.39 is 29.5 Å². The maximum absolute atomic E-state index is 14.8. The first-order valence-electron chi connectivity index (χ1n) is 15.7. The van der Waals surface area contributed by atoms with Gasteiger partial charge in [0, 0.05) is 46.4 Å². The fraction of sp³-hybridized carbons (Fsp3) is 0.688. The summed E-state index contributed by atoms with van der Waals surface area (Å²) in [7, 11) is 1.67. The van der Waals surface area contributed by atoms with Gasteiger partial charge in [-0.05, 0) is 42.7 Å². The number of carbonyl (C=O) groups excluding carboxylic acids is 2. The number of aryl methyl sites for hydroxylation is 1. The number of hydrogen-bond donors (Lipinski definition) is 1. The van der Waals surface area contributed by atoms with Crippen molar-refractivity contribution >= 4 is 40.5 Å². The van der Waals surface area contributed by atoms with Crippen LogP contribution in [-0.2, 0) is 20.8 Å². The lowest BCUT2D eigenvalue weighted by Gasteiger charge is -2.52. The SMILES string of the molecule is COCCCCn1c(C(=O)N(CC(C)C)[C@H]2C[C@@H](C(=O)N3CCOCC3)CN(C(=O)O)C2C(C)(C)C)nc2c(Cl)cccc21. The average molecular weight is 634 g/mol. The minimum atomic E-state index is -1.09. The highest BCUT2D eigenvalue weighted by Crippen LogP contribution is 2.39. The zero-order chi connectivity index (χ0) is 32.2. The lowest BCUT2D eigenvalue weighted by atomic mass is 9.74. The minimum absolute atomic E-state index is 0.0799. The summed E-state index contributed by atoms with van der Waals surface area (Å²) in [5.41, 5.74) is 0.804. The Morgan fingerprint density at radius 2 is 1.89 bits per heavy atom. The zero-order valence-electron chi connectivity index (χ0n) is 26.9. The van der Waals surface area contributed by atoms with Gasteiger partial charge in [-0.3, -0.25) is 9.59 Å². The summed E-state index contributed by atoms with van der Waals surface area (Å²) in [6.45, 7) is 13.5. The van der Waals surface area contributed by atoms with E-state index in [1.165, 1.54) is 4.90 Å². The van der Waals surface area contributed by atoms with Crippen molar-refractivity contribution in [3.05, 3.63) is 29.0 Å². The number of morpholine rings is 1. The summed E-state index contributed by atoms with van der Waals surface area (Å²) in [6, 6.07) is 4.43. The fourth-order valence-electron chi connectivity index (χ4n) is 6.72. The Bertz CT molecular complexity index is 1320. The van der Waals surface area contributed by atoms with E-state index in [-0.39, 0.29) is 30.1 Å². The van der Waals surface area contributed by atoms with E-state index >= 15 is 0 Å². The molecule has 0 radical (unpaired) electrons. The predicted molar refractivity (Wildman–Crippen MR) is 169 cm³/mol. The summed E-state index contributed by atoms with van der Waals surface area (Å²) >= 11 is 6.56. The summed E-state index contributed by atoms with van der Waals surface area (Å²) in [5.74, 6) is -0.621. The van der Waals surface area contributed by atoms with Gasteiger partial charge in [-0.25, -0.2) is 9.78 Å². The van der Waals surface area contributed by atoms with E-state index in [9.17, 15) is 19.5 Å².